The van der Waals surface area contributed by atoms with Gasteiger partial charge in [0.15, 0.2) is 0 Å². The molecule has 0 spiro atoms. The summed E-state index contributed by atoms with van der Waals surface area (Å²) in [4.78, 5) is 0. The zero-order chi connectivity index (χ0) is 10.7. The number of rotatable bonds is 2. The summed E-state index contributed by atoms with van der Waals surface area (Å²) in [5.74, 6) is 0.125. The van der Waals surface area contributed by atoms with Crippen molar-refractivity contribution in [2.24, 2.45) is 0 Å². The van der Waals surface area contributed by atoms with Crippen molar-refractivity contribution in [3.05, 3.63) is 35.4 Å². The molecule has 4 heteroatoms. The summed E-state index contributed by atoms with van der Waals surface area (Å²) < 4.78 is 26.0. The van der Waals surface area contributed by atoms with Gasteiger partial charge in [-0.15, -0.1) is 0 Å². The van der Waals surface area contributed by atoms with E-state index in [1.54, 1.807) is 6.07 Å². The summed E-state index contributed by atoms with van der Waals surface area (Å²) in [6.07, 6.45) is 0.670. The SMILES string of the molecule is Fc1ccc(CC2CNCCS2)c(F)c1. The molecule has 1 aromatic rings. The van der Waals surface area contributed by atoms with Crippen molar-refractivity contribution in [2.75, 3.05) is 18.8 Å². The maximum atomic E-state index is 13.3. The van der Waals surface area contributed by atoms with Crippen LogP contribution in [0.1, 0.15) is 5.56 Å². The van der Waals surface area contributed by atoms with Gasteiger partial charge in [-0.05, 0) is 18.1 Å². The van der Waals surface area contributed by atoms with E-state index in [9.17, 15) is 8.78 Å². The first-order chi connectivity index (χ1) is 7.25. The molecule has 82 valence electrons. The molecule has 15 heavy (non-hydrogen) atoms. The van der Waals surface area contributed by atoms with Crippen molar-refractivity contribution in [2.45, 2.75) is 11.7 Å². The Bertz CT molecular complexity index is 337. The van der Waals surface area contributed by atoms with Gasteiger partial charge in [-0.2, -0.15) is 11.8 Å². The van der Waals surface area contributed by atoms with E-state index >= 15 is 0 Å². The van der Waals surface area contributed by atoms with Crippen molar-refractivity contribution in [3.8, 4) is 0 Å². The Balaban J connectivity index is 2.03. The highest BCUT2D eigenvalue weighted by molar-refractivity contribution is 8.00. The van der Waals surface area contributed by atoms with Crippen LogP contribution in [0.15, 0.2) is 18.2 Å². The smallest absolute Gasteiger partial charge is 0.129 e. The first-order valence-corrected chi connectivity index (χ1v) is 6.07. The number of benzene rings is 1. The van der Waals surface area contributed by atoms with Crippen molar-refractivity contribution in [1.29, 1.82) is 0 Å². The molecule has 1 saturated heterocycles. The molecule has 0 aromatic heterocycles. The van der Waals surface area contributed by atoms with E-state index in [4.69, 9.17) is 0 Å². The monoisotopic (exact) mass is 229 g/mol. The Hall–Kier alpha value is -0.610. The summed E-state index contributed by atoms with van der Waals surface area (Å²) in [7, 11) is 0. The average Bonchev–Trinajstić information content (AvgIpc) is 2.24. The van der Waals surface area contributed by atoms with Gasteiger partial charge in [0.2, 0.25) is 0 Å². The summed E-state index contributed by atoms with van der Waals surface area (Å²) in [6, 6.07) is 3.81. The molecule has 0 bridgehead atoms. The quantitative estimate of drug-likeness (QED) is 0.834. The molecule has 1 aromatic carbocycles. The van der Waals surface area contributed by atoms with E-state index in [2.05, 4.69) is 5.32 Å². The van der Waals surface area contributed by atoms with Crippen LogP contribution in [0, 0.1) is 11.6 Å². The highest BCUT2D eigenvalue weighted by Gasteiger charge is 2.15. The normalized spacial score (nSPS) is 21.6. The van der Waals surface area contributed by atoms with Crippen LogP contribution in [0.3, 0.4) is 0 Å². The van der Waals surface area contributed by atoms with E-state index in [0.717, 1.165) is 24.9 Å². The minimum absolute atomic E-state index is 0.402. The molecule has 0 aliphatic carbocycles. The molecule has 1 aliphatic rings. The third kappa shape index (κ3) is 2.92. The van der Waals surface area contributed by atoms with Gasteiger partial charge in [0, 0.05) is 30.2 Å². The maximum Gasteiger partial charge on any atom is 0.129 e. The highest BCUT2D eigenvalue weighted by atomic mass is 32.2. The second-order valence-electron chi connectivity index (χ2n) is 3.64. The topological polar surface area (TPSA) is 12.0 Å². The number of hydrogen-bond donors (Lipinski definition) is 1. The fourth-order valence-electron chi connectivity index (χ4n) is 1.68. The average molecular weight is 229 g/mol. The van der Waals surface area contributed by atoms with Crippen LogP contribution in [-0.2, 0) is 6.42 Å². The first kappa shape index (κ1) is 10.9. The molecule has 0 saturated carbocycles. The molecule has 1 unspecified atom stereocenters. The van der Waals surface area contributed by atoms with Gasteiger partial charge < -0.3 is 5.32 Å². The molecular formula is C11H13F2NS. The standard InChI is InChI=1S/C11H13F2NS/c12-9-2-1-8(11(13)6-9)5-10-7-14-3-4-15-10/h1-2,6,10,14H,3-5,7H2. The van der Waals surface area contributed by atoms with Crippen LogP contribution in [0.2, 0.25) is 0 Å². The van der Waals surface area contributed by atoms with Crippen LogP contribution in [0.4, 0.5) is 8.78 Å². The molecule has 1 heterocycles. The molecule has 0 amide bonds. The lowest BCUT2D eigenvalue weighted by Gasteiger charge is -2.22. The van der Waals surface area contributed by atoms with E-state index in [1.165, 1.54) is 6.07 Å². The minimum atomic E-state index is -0.509. The minimum Gasteiger partial charge on any atom is -0.315 e. The van der Waals surface area contributed by atoms with E-state index in [0.29, 0.717) is 17.2 Å². The fraction of sp³-hybridized carbons (Fsp3) is 0.455. The second-order valence-corrected chi connectivity index (χ2v) is 5.05. The summed E-state index contributed by atoms with van der Waals surface area (Å²) in [5, 5.41) is 3.67. The number of nitrogens with one attached hydrogen (secondary N) is 1. The van der Waals surface area contributed by atoms with Gasteiger partial charge in [0.1, 0.15) is 11.6 Å². The molecule has 0 radical (unpaired) electrons. The van der Waals surface area contributed by atoms with Crippen molar-refractivity contribution in [1.82, 2.24) is 5.32 Å². The first-order valence-electron chi connectivity index (χ1n) is 5.02. The molecular weight excluding hydrogens is 216 g/mol. The van der Waals surface area contributed by atoms with E-state index < -0.39 is 11.6 Å². The van der Waals surface area contributed by atoms with Crippen LogP contribution >= 0.6 is 11.8 Å². The zero-order valence-corrected chi connectivity index (χ0v) is 9.12. The molecule has 2 rings (SSSR count). The molecule has 1 nitrogen and oxygen atoms in total. The van der Waals surface area contributed by atoms with Crippen LogP contribution in [0.25, 0.3) is 0 Å². The fourth-order valence-corrected chi connectivity index (χ4v) is 2.81. The molecule has 1 N–H and O–H groups in total. The maximum absolute atomic E-state index is 13.3. The van der Waals surface area contributed by atoms with Crippen LogP contribution in [-0.4, -0.2) is 24.1 Å². The van der Waals surface area contributed by atoms with Crippen LogP contribution in [0.5, 0.6) is 0 Å². The van der Waals surface area contributed by atoms with Crippen molar-refractivity contribution in [3.63, 3.8) is 0 Å². The zero-order valence-electron chi connectivity index (χ0n) is 8.30. The van der Waals surface area contributed by atoms with Gasteiger partial charge in [0.25, 0.3) is 0 Å². The Morgan fingerprint density at radius 3 is 2.93 bits per heavy atom. The molecule has 1 atom stereocenters. The van der Waals surface area contributed by atoms with Gasteiger partial charge in [0.05, 0.1) is 0 Å². The second kappa shape index (κ2) is 4.94. The Morgan fingerprint density at radius 1 is 1.40 bits per heavy atom. The van der Waals surface area contributed by atoms with Crippen LogP contribution < -0.4 is 5.32 Å². The lowest BCUT2D eigenvalue weighted by atomic mass is 10.1. The van der Waals surface area contributed by atoms with Gasteiger partial charge in [-0.25, -0.2) is 8.78 Å². The predicted octanol–water partition coefficient (Wildman–Crippen LogP) is 2.21. The number of thioether (sulfide) groups is 1. The summed E-state index contributed by atoms with van der Waals surface area (Å²) in [5.41, 5.74) is 0.609. The van der Waals surface area contributed by atoms with Gasteiger partial charge in [-0.3, -0.25) is 0 Å². The third-order valence-corrected chi connectivity index (χ3v) is 3.71. The lowest BCUT2D eigenvalue weighted by molar-refractivity contribution is 0.566. The van der Waals surface area contributed by atoms with Crippen molar-refractivity contribution < 1.29 is 8.78 Å². The number of halogens is 2. The summed E-state index contributed by atoms with van der Waals surface area (Å²) in [6.45, 7) is 1.93. The van der Waals surface area contributed by atoms with E-state index in [1.807, 2.05) is 11.8 Å². The Morgan fingerprint density at radius 2 is 2.27 bits per heavy atom. The predicted molar refractivity (Wildman–Crippen MR) is 59.2 cm³/mol. The largest absolute Gasteiger partial charge is 0.315 e. The highest BCUT2D eigenvalue weighted by Crippen LogP contribution is 2.20. The van der Waals surface area contributed by atoms with Gasteiger partial charge in [-0.1, -0.05) is 6.07 Å². The Kier molecular flexibility index (Phi) is 3.59. The third-order valence-electron chi connectivity index (χ3n) is 2.47. The Labute approximate surface area is 92.3 Å². The molecule has 1 aliphatic heterocycles. The summed E-state index contributed by atoms with van der Waals surface area (Å²) >= 11 is 1.85. The van der Waals surface area contributed by atoms with Gasteiger partial charge >= 0.3 is 0 Å². The van der Waals surface area contributed by atoms with E-state index in [-0.39, 0.29) is 0 Å². The molecule has 1 fully saturated rings. The number of hydrogen-bond acceptors (Lipinski definition) is 2. The van der Waals surface area contributed by atoms with Crippen molar-refractivity contribution >= 4 is 11.8 Å². The lowest BCUT2D eigenvalue weighted by Crippen LogP contribution is -2.34.